The molecule has 11 heavy (non-hydrogen) atoms. The fourth-order valence-electron chi connectivity index (χ4n) is 2.31. The average Bonchev–Trinajstić information content (AvgIpc) is 2.44. The van der Waals surface area contributed by atoms with Crippen molar-refractivity contribution in [1.29, 1.82) is 0 Å². The maximum absolute atomic E-state index is 9.31. The van der Waals surface area contributed by atoms with Gasteiger partial charge in [-0.1, -0.05) is 0 Å². The number of nitrogens with one attached hydrogen (secondary N) is 1. The van der Waals surface area contributed by atoms with Crippen molar-refractivity contribution in [2.24, 2.45) is 0 Å². The van der Waals surface area contributed by atoms with Crippen molar-refractivity contribution >= 4 is 0 Å². The number of aliphatic hydroxyl groups excluding tert-OH is 1. The Labute approximate surface area is 67.4 Å². The van der Waals surface area contributed by atoms with E-state index in [1.54, 1.807) is 0 Å². The number of hydrogen-bond acceptors (Lipinski definition) is 3. The van der Waals surface area contributed by atoms with Gasteiger partial charge in [0.15, 0.2) is 0 Å². The Morgan fingerprint density at radius 2 is 2.36 bits per heavy atom. The fourth-order valence-corrected chi connectivity index (χ4v) is 2.31. The van der Waals surface area contributed by atoms with E-state index in [1.165, 1.54) is 13.0 Å². The van der Waals surface area contributed by atoms with Crippen molar-refractivity contribution in [1.82, 2.24) is 10.2 Å². The molecule has 0 radical (unpaired) electrons. The number of nitrogens with zero attached hydrogens (tertiary/aromatic N) is 1. The zero-order chi connectivity index (χ0) is 7.90. The molecule has 0 aromatic carbocycles. The molecule has 64 valence electrons. The Kier molecular flexibility index (Phi) is 1.67. The molecular weight excluding hydrogens is 140 g/mol. The van der Waals surface area contributed by atoms with Gasteiger partial charge in [-0.25, -0.2) is 0 Å². The summed E-state index contributed by atoms with van der Waals surface area (Å²) < 4.78 is 0. The number of likely N-dealkylation sites (tertiary alicyclic amines) is 1. The molecule has 1 spiro atoms. The summed E-state index contributed by atoms with van der Waals surface area (Å²) in [6.45, 7) is 2.27. The standard InChI is InChI=1S/C8H16N2O/c1-10-5-4-8(6-10)3-2-7(11)9-8/h7,9,11H,2-6H2,1H3. The van der Waals surface area contributed by atoms with Gasteiger partial charge in [0.1, 0.15) is 6.23 Å². The molecule has 3 heteroatoms. The molecule has 0 aromatic heterocycles. The fraction of sp³-hybridized carbons (Fsp3) is 1.00. The lowest BCUT2D eigenvalue weighted by Gasteiger charge is -2.23. The van der Waals surface area contributed by atoms with E-state index in [9.17, 15) is 5.11 Å². The summed E-state index contributed by atoms with van der Waals surface area (Å²) in [6, 6.07) is 0. The molecule has 2 N–H and O–H groups in total. The molecule has 2 saturated heterocycles. The van der Waals surface area contributed by atoms with Crippen molar-refractivity contribution in [3.63, 3.8) is 0 Å². The van der Waals surface area contributed by atoms with E-state index < -0.39 is 0 Å². The first-order valence-electron chi connectivity index (χ1n) is 4.35. The molecule has 2 unspecified atom stereocenters. The van der Waals surface area contributed by atoms with Crippen molar-refractivity contribution in [3.8, 4) is 0 Å². The molecule has 2 heterocycles. The van der Waals surface area contributed by atoms with Gasteiger partial charge < -0.3 is 10.0 Å². The molecular formula is C8H16N2O. The van der Waals surface area contributed by atoms with E-state index >= 15 is 0 Å². The summed E-state index contributed by atoms with van der Waals surface area (Å²) >= 11 is 0. The second-order valence-electron chi connectivity index (χ2n) is 3.97. The van der Waals surface area contributed by atoms with Crippen LogP contribution in [-0.4, -0.2) is 41.9 Å². The Balaban J connectivity index is 2.02. The molecule has 0 aromatic rings. The van der Waals surface area contributed by atoms with Gasteiger partial charge in [0.05, 0.1) is 0 Å². The van der Waals surface area contributed by atoms with E-state index in [-0.39, 0.29) is 11.8 Å². The van der Waals surface area contributed by atoms with E-state index in [2.05, 4.69) is 17.3 Å². The van der Waals surface area contributed by atoms with Crippen LogP contribution >= 0.6 is 0 Å². The monoisotopic (exact) mass is 156 g/mol. The van der Waals surface area contributed by atoms with Gasteiger partial charge >= 0.3 is 0 Å². The number of hydrogen-bond donors (Lipinski definition) is 2. The SMILES string of the molecule is CN1CCC2(CCC(O)N2)C1. The lowest BCUT2D eigenvalue weighted by atomic mass is 9.97. The van der Waals surface area contributed by atoms with Crippen molar-refractivity contribution < 1.29 is 5.11 Å². The molecule has 3 nitrogen and oxygen atoms in total. The van der Waals surface area contributed by atoms with Gasteiger partial charge in [-0.15, -0.1) is 0 Å². The zero-order valence-corrected chi connectivity index (χ0v) is 7.01. The first-order chi connectivity index (χ1) is 5.20. The maximum atomic E-state index is 9.31. The minimum absolute atomic E-state index is 0.249. The van der Waals surface area contributed by atoms with Crippen LogP contribution in [0.4, 0.5) is 0 Å². The van der Waals surface area contributed by atoms with Crippen molar-refractivity contribution in [2.45, 2.75) is 31.0 Å². The van der Waals surface area contributed by atoms with Crippen molar-refractivity contribution in [2.75, 3.05) is 20.1 Å². The number of rotatable bonds is 0. The molecule has 2 rings (SSSR count). The molecule has 0 saturated carbocycles. The summed E-state index contributed by atoms with van der Waals surface area (Å²) in [5.41, 5.74) is 0.258. The molecule has 2 aliphatic rings. The summed E-state index contributed by atoms with van der Waals surface area (Å²) in [5, 5.41) is 12.6. The molecule has 0 aliphatic carbocycles. The Morgan fingerprint density at radius 1 is 1.55 bits per heavy atom. The van der Waals surface area contributed by atoms with Gasteiger partial charge in [-0.3, -0.25) is 5.32 Å². The second kappa shape index (κ2) is 2.44. The molecule has 2 aliphatic heterocycles. The Hall–Kier alpha value is -0.120. The largest absolute Gasteiger partial charge is 0.379 e. The molecule has 2 fully saturated rings. The van der Waals surface area contributed by atoms with Crippen LogP contribution in [-0.2, 0) is 0 Å². The van der Waals surface area contributed by atoms with Gasteiger partial charge in [0.2, 0.25) is 0 Å². The topological polar surface area (TPSA) is 35.5 Å². The van der Waals surface area contributed by atoms with Crippen LogP contribution in [0.1, 0.15) is 19.3 Å². The smallest absolute Gasteiger partial charge is 0.105 e. The second-order valence-corrected chi connectivity index (χ2v) is 3.97. The highest BCUT2D eigenvalue weighted by atomic mass is 16.3. The first-order valence-corrected chi connectivity index (χ1v) is 4.35. The van der Waals surface area contributed by atoms with Gasteiger partial charge in [-0.05, 0) is 32.9 Å². The summed E-state index contributed by atoms with van der Waals surface area (Å²) in [7, 11) is 2.14. The average molecular weight is 156 g/mol. The quantitative estimate of drug-likeness (QED) is 0.508. The predicted molar refractivity (Wildman–Crippen MR) is 43.2 cm³/mol. The highest BCUT2D eigenvalue weighted by Gasteiger charge is 2.41. The van der Waals surface area contributed by atoms with Crippen molar-refractivity contribution in [3.05, 3.63) is 0 Å². The Morgan fingerprint density at radius 3 is 2.82 bits per heavy atom. The van der Waals surface area contributed by atoms with E-state index in [1.807, 2.05) is 0 Å². The summed E-state index contributed by atoms with van der Waals surface area (Å²) in [4.78, 5) is 2.32. The van der Waals surface area contributed by atoms with Crippen LogP contribution < -0.4 is 5.32 Å². The Bertz CT molecular complexity index is 142. The van der Waals surface area contributed by atoms with E-state index in [0.29, 0.717) is 0 Å². The first kappa shape index (κ1) is 7.53. The minimum atomic E-state index is -0.249. The van der Waals surface area contributed by atoms with Gasteiger partial charge in [0, 0.05) is 12.1 Å². The predicted octanol–water partition coefficient (Wildman–Crippen LogP) is -0.238. The van der Waals surface area contributed by atoms with Gasteiger partial charge in [-0.2, -0.15) is 0 Å². The minimum Gasteiger partial charge on any atom is -0.379 e. The van der Waals surface area contributed by atoms with Crippen LogP contribution in [0.3, 0.4) is 0 Å². The number of aliphatic hydroxyl groups is 1. The molecule has 0 amide bonds. The van der Waals surface area contributed by atoms with Crippen LogP contribution in [0.25, 0.3) is 0 Å². The maximum Gasteiger partial charge on any atom is 0.105 e. The van der Waals surface area contributed by atoms with E-state index in [0.717, 1.165) is 19.4 Å². The molecule has 2 atom stereocenters. The summed E-state index contributed by atoms with van der Waals surface area (Å²) in [5.74, 6) is 0. The lowest BCUT2D eigenvalue weighted by molar-refractivity contribution is 0.141. The highest BCUT2D eigenvalue weighted by Crippen LogP contribution is 2.30. The zero-order valence-electron chi connectivity index (χ0n) is 7.01. The summed E-state index contributed by atoms with van der Waals surface area (Å²) in [6.07, 6.45) is 3.01. The third-order valence-corrected chi connectivity index (χ3v) is 2.91. The van der Waals surface area contributed by atoms with Crippen LogP contribution in [0.2, 0.25) is 0 Å². The van der Waals surface area contributed by atoms with E-state index in [4.69, 9.17) is 0 Å². The highest BCUT2D eigenvalue weighted by molar-refractivity contribution is 5.00. The van der Waals surface area contributed by atoms with Crippen LogP contribution in [0, 0.1) is 0 Å². The lowest BCUT2D eigenvalue weighted by Crippen LogP contribution is -2.44. The van der Waals surface area contributed by atoms with Crippen LogP contribution in [0.5, 0.6) is 0 Å². The normalized spacial score (nSPS) is 45.8. The van der Waals surface area contributed by atoms with Crippen LogP contribution in [0.15, 0.2) is 0 Å². The third-order valence-electron chi connectivity index (χ3n) is 2.91. The molecule has 0 bridgehead atoms. The van der Waals surface area contributed by atoms with Gasteiger partial charge in [0.25, 0.3) is 0 Å². The third kappa shape index (κ3) is 1.28. The number of likely N-dealkylation sites (N-methyl/N-ethyl adjacent to an activating group) is 1.